The smallest absolute Gasteiger partial charge is 0.266 e. The first-order valence-corrected chi connectivity index (χ1v) is 10.6. The van der Waals surface area contributed by atoms with Gasteiger partial charge in [-0.1, -0.05) is 35.9 Å². The third kappa shape index (κ3) is 4.45. The second-order valence-electron chi connectivity index (χ2n) is 6.13. The molecular weight excluding hydrogens is 426 g/mol. The minimum Gasteiger partial charge on any atom is -0.504 e. The number of sulfonamides is 1. The Labute approximate surface area is 179 Å². The average Bonchev–Trinajstić information content (AvgIpc) is 2.74. The van der Waals surface area contributed by atoms with Gasteiger partial charge in [-0.2, -0.15) is 0 Å². The number of hydrogen-bond donors (Lipinski definition) is 2. The summed E-state index contributed by atoms with van der Waals surface area (Å²) in [4.78, 5) is 16.2. The Kier molecular flexibility index (Phi) is 6.39. The summed E-state index contributed by atoms with van der Waals surface area (Å²) >= 11 is 6.19. The lowest BCUT2D eigenvalue weighted by molar-refractivity contribution is 0.102. The van der Waals surface area contributed by atoms with Crippen LogP contribution in [0.3, 0.4) is 0 Å². The van der Waals surface area contributed by atoms with Crippen molar-refractivity contribution < 1.29 is 18.3 Å². The van der Waals surface area contributed by atoms with Gasteiger partial charge in [0.2, 0.25) is 0 Å². The SMILES string of the molecule is C=CCN(c1ccccc1)S(=O)(=O)c1cc(C(=O)Nc2ncccc2O)ccc1Cl. The predicted octanol–water partition coefficient (Wildman–Crippen LogP) is 4.07. The molecule has 0 spiro atoms. The molecule has 3 rings (SSSR count). The molecule has 1 aromatic heterocycles. The van der Waals surface area contributed by atoms with Crippen LogP contribution < -0.4 is 9.62 Å². The minimum absolute atomic E-state index is 0.0148. The molecule has 0 saturated carbocycles. The Morgan fingerprint density at radius 1 is 1.17 bits per heavy atom. The van der Waals surface area contributed by atoms with Gasteiger partial charge in [0, 0.05) is 11.8 Å². The lowest BCUT2D eigenvalue weighted by Crippen LogP contribution is -2.31. The van der Waals surface area contributed by atoms with Crippen molar-refractivity contribution in [2.24, 2.45) is 0 Å². The maximum Gasteiger partial charge on any atom is 0.266 e. The van der Waals surface area contributed by atoms with E-state index in [9.17, 15) is 18.3 Å². The van der Waals surface area contributed by atoms with Gasteiger partial charge in [0.15, 0.2) is 11.6 Å². The van der Waals surface area contributed by atoms with Crippen LogP contribution in [-0.2, 0) is 10.0 Å². The molecule has 1 amide bonds. The summed E-state index contributed by atoms with van der Waals surface area (Å²) in [6.45, 7) is 3.64. The van der Waals surface area contributed by atoms with Crippen LogP contribution in [0.15, 0.2) is 84.4 Å². The molecule has 0 radical (unpaired) electrons. The molecule has 0 unspecified atom stereocenters. The Morgan fingerprint density at radius 3 is 2.57 bits per heavy atom. The summed E-state index contributed by atoms with van der Waals surface area (Å²) < 4.78 is 27.8. The van der Waals surface area contributed by atoms with Gasteiger partial charge in [0.25, 0.3) is 15.9 Å². The van der Waals surface area contributed by atoms with Crippen LogP contribution in [-0.4, -0.2) is 31.0 Å². The molecule has 7 nitrogen and oxygen atoms in total. The maximum atomic E-state index is 13.3. The van der Waals surface area contributed by atoms with Crippen molar-refractivity contribution in [1.29, 1.82) is 0 Å². The molecule has 0 bridgehead atoms. The Balaban J connectivity index is 2.00. The van der Waals surface area contributed by atoms with Gasteiger partial charge in [0.05, 0.1) is 17.3 Å². The maximum absolute atomic E-state index is 13.3. The molecule has 0 fully saturated rings. The van der Waals surface area contributed by atoms with Crippen molar-refractivity contribution >= 4 is 39.0 Å². The van der Waals surface area contributed by atoms with Crippen molar-refractivity contribution in [3.8, 4) is 5.75 Å². The number of pyridine rings is 1. The Bertz CT molecular complexity index is 1180. The summed E-state index contributed by atoms with van der Waals surface area (Å²) in [5.74, 6) is -0.902. The number of aromatic nitrogens is 1. The molecule has 0 atom stereocenters. The number of anilines is 2. The molecule has 1 heterocycles. The summed E-state index contributed by atoms with van der Waals surface area (Å²) in [6.07, 6.45) is 2.86. The van der Waals surface area contributed by atoms with Crippen molar-refractivity contribution in [2.75, 3.05) is 16.2 Å². The number of carbonyl (C=O) groups is 1. The fraction of sp³-hybridized carbons (Fsp3) is 0.0476. The number of halogens is 1. The molecule has 30 heavy (non-hydrogen) atoms. The summed E-state index contributed by atoms with van der Waals surface area (Å²) in [5.41, 5.74) is 0.469. The van der Waals surface area contributed by atoms with Crippen LogP contribution in [0.5, 0.6) is 5.75 Å². The topological polar surface area (TPSA) is 99.6 Å². The fourth-order valence-electron chi connectivity index (χ4n) is 2.69. The first-order chi connectivity index (χ1) is 14.3. The summed E-state index contributed by atoms with van der Waals surface area (Å²) in [7, 11) is -4.10. The van der Waals surface area contributed by atoms with E-state index in [0.717, 1.165) is 4.31 Å². The highest BCUT2D eigenvalue weighted by atomic mass is 35.5. The van der Waals surface area contributed by atoms with Crippen molar-refractivity contribution in [1.82, 2.24) is 4.98 Å². The van der Waals surface area contributed by atoms with Gasteiger partial charge in [-0.25, -0.2) is 13.4 Å². The highest BCUT2D eigenvalue weighted by Gasteiger charge is 2.27. The van der Waals surface area contributed by atoms with E-state index in [2.05, 4.69) is 16.9 Å². The van der Waals surface area contributed by atoms with E-state index in [0.29, 0.717) is 5.69 Å². The molecular formula is C21H18ClN3O4S. The zero-order chi connectivity index (χ0) is 21.7. The largest absolute Gasteiger partial charge is 0.504 e. The van der Waals surface area contributed by atoms with Gasteiger partial charge in [-0.05, 0) is 42.5 Å². The van der Waals surface area contributed by atoms with Crippen molar-refractivity contribution in [2.45, 2.75) is 4.90 Å². The van der Waals surface area contributed by atoms with Gasteiger partial charge in [0.1, 0.15) is 4.90 Å². The number of para-hydroxylation sites is 1. The first-order valence-electron chi connectivity index (χ1n) is 8.78. The normalized spacial score (nSPS) is 11.0. The molecule has 3 aromatic rings. The van der Waals surface area contributed by atoms with Crippen molar-refractivity contribution in [3.63, 3.8) is 0 Å². The quantitative estimate of drug-likeness (QED) is 0.536. The third-order valence-corrected chi connectivity index (χ3v) is 6.39. The van der Waals surface area contributed by atoms with E-state index in [4.69, 9.17) is 11.6 Å². The van der Waals surface area contributed by atoms with E-state index in [1.165, 1.54) is 42.6 Å². The van der Waals surface area contributed by atoms with E-state index in [1.807, 2.05) is 0 Å². The lowest BCUT2D eigenvalue weighted by atomic mass is 10.2. The molecule has 0 aliphatic heterocycles. The van der Waals surface area contributed by atoms with E-state index >= 15 is 0 Å². The lowest BCUT2D eigenvalue weighted by Gasteiger charge is -2.24. The van der Waals surface area contributed by atoms with Crippen molar-refractivity contribution in [3.05, 3.63) is 90.1 Å². The second-order valence-corrected chi connectivity index (χ2v) is 8.37. The number of amides is 1. The molecule has 9 heteroatoms. The van der Waals surface area contributed by atoms with Gasteiger partial charge >= 0.3 is 0 Å². The number of hydrogen-bond acceptors (Lipinski definition) is 5. The first kappa shape index (κ1) is 21.4. The van der Waals surface area contributed by atoms with E-state index in [1.54, 1.807) is 30.3 Å². The highest BCUT2D eigenvalue weighted by molar-refractivity contribution is 7.93. The third-order valence-electron chi connectivity index (χ3n) is 4.12. The number of rotatable bonds is 7. The number of nitrogens with zero attached hydrogens (tertiary/aromatic N) is 2. The summed E-state index contributed by atoms with van der Waals surface area (Å²) in [5, 5.41) is 12.2. The van der Waals surface area contributed by atoms with Gasteiger partial charge in [-0.3, -0.25) is 9.10 Å². The minimum atomic E-state index is -4.10. The predicted molar refractivity (Wildman–Crippen MR) is 116 cm³/mol. The van der Waals surface area contributed by atoms with Gasteiger partial charge < -0.3 is 10.4 Å². The number of carbonyl (C=O) groups excluding carboxylic acids is 1. The Morgan fingerprint density at radius 2 is 1.90 bits per heavy atom. The molecule has 0 aliphatic rings. The van der Waals surface area contributed by atoms with E-state index in [-0.39, 0.29) is 33.6 Å². The van der Waals surface area contributed by atoms with Crippen LogP contribution in [0.25, 0.3) is 0 Å². The highest BCUT2D eigenvalue weighted by Crippen LogP contribution is 2.30. The second kappa shape index (κ2) is 8.98. The monoisotopic (exact) mass is 443 g/mol. The fourth-order valence-corrected chi connectivity index (χ4v) is 4.63. The summed E-state index contributed by atoms with van der Waals surface area (Å²) in [6, 6.07) is 15.3. The van der Waals surface area contributed by atoms with E-state index < -0.39 is 15.9 Å². The standard InChI is InChI=1S/C21H18ClN3O4S/c1-2-13-25(16-7-4-3-5-8-16)30(28,29)19-14-15(10-11-17(19)22)21(27)24-20-18(26)9-6-12-23-20/h2-12,14,26H,1,13H2,(H,23,24,27). The van der Waals surface area contributed by atoms with Crippen LogP contribution in [0, 0.1) is 0 Å². The van der Waals surface area contributed by atoms with Crippen LogP contribution >= 0.6 is 11.6 Å². The average molecular weight is 444 g/mol. The number of benzene rings is 2. The molecule has 2 aromatic carbocycles. The van der Waals surface area contributed by atoms with Crippen LogP contribution in [0.4, 0.5) is 11.5 Å². The zero-order valence-corrected chi connectivity index (χ0v) is 17.3. The number of nitrogens with one attached hydrogen (secondary N) is 1. The molecule has 2 N–H and O–H groups in total. The number of aromatic hydroxyl groups is 1. The molecule has 0 aliphatic carbocycles. The van der Waals surface area contributed by atoms with Gasteiger partial charge in [-0.15, -0.1) is 6.58 Å². The molecule has 0 saturated heterocycles. The zero-order valence-electron chi connectivity index (χ0n) is 15.7. The van der Waals surface area contributed by atoms with Crippen LogP contribution in [0.1, 0.15) is 10.4 Å². The van der Waals surface area contributed by atoms with Crippen LogP contribution in [0.2, 0.25) is 5.02 Å². The molecule has 154 valence electrons. The Hall–Kier alpha value is -3.36.